The van der Waals surface area contributed by atoms with Crippen molar-refractivity contribution in [1.82, 2.24) is 0 Å². The molecule has 2 fully saturated rings. The molecule has 0 amide bonds. The fourth-order valence-electron chi connectivity index (χ4n) is 2.57. The molecule has 2 aliphatic rings. The lowest BCUT2D eigenvalue weighted by Gasteiger charge is -2.02. The van der Waals surface area contributed by atoms with Crippen LogP contribution in [0.2, 0.25) is 0 Å². The SMILES string of the molecule is C1CCC(C2CC2)C1.CCCC(C)C. The van der Waals surface area contributed by atoms with E-state index < -0.39 is 0 Å². The Bertz CT molecular complexity index is 127. The average molecular weight is 196 g/mol. The van der Waals surface area contributed by atoms with Crippen molar-refractivity contribution in [2.75, 3.05) is 0 Å². The Hall–Kier alpha value is 0. The van der Waals surface area contributed by atoms with Crippen LogP contribution in [-0.2, 0) is 0 Å². The highest BCUT2D eigenvalue weighted by Gasteiger charge is 2.32. The van der Waals surface area contributed by atoms with Crippen molar-refractivity contribution in [3.63, 3.8) is 0 Å². The monoisotopic (exact) mass is 196 g/mol. The van der Waals surface area contributed by atoms with Crippen LogP contribution in [-0.4, -0.2) is 0 Å². The summed E-state index contributed by atoms with van der Waals surface area (Å²) < 4.78 is 0. The molecular weight excluding hydrogens is 168 g/mol. The zero-order valence-corrected chi connectivity index (χ0v) is 10.4. The Morgan fingerprint density at radius 1 is 0.929 bits per heavy atom. The molecule has 0 heterocycles. The first-order chi connectivity index (χ1) is 6.74. The summed E-state index contributed by atoms with van der Waals surface area (Å²) in [6.07, 6.45) is 12.0. The third kappa shape index (κ3) is 5.02. The fourth-order valence-corrected chi connectivity index (χ4v) is 2.57. The van der Waals surface area contributed by atoms with Crippen LogP contribution in [0.4, 0.5) is 0 Å². The van der Waals surface area contributed by atoms with Gasteiger partial charge in [-0.25, -0.2) is 0 Å². The number of hydrogen-bond acceptors (Lipinski definition) is 0. The van der Waals surface area contributed by atoms with Gasteiger partial charge in [0.15, 0.2) is 0 Å². The largest absolute Gasteiger partial charge is 0.0654 e. The summed E-state index contributed by atoms with van der Waals surface area (Å²) in [5.41, 5.74) is 0. The van der Waals surface area contributed by atoms with Gasteiger partial charge in [-0.2, -0.15) is 0 Å². The van der Waals surface area contributed by atoms with Crippen molar-refractivity contribution < 1.29 is 0 Å². The maximum atomic E-state index is 2.25. The van der Waals surface area contributed by atoms with E-state index in [9.17, 15) is 0 Å². The first kappa shape index (κ1) is 12.1. The lowest BCUT2D eigenvalue weighted by atomic mass is 10.0. The predicted octanol–water partition coefficient (Wildman–Crippen LogP) is 5.03. The number of rotatable bonds is 3. The first-order valence-corrected chi connectivity index (χ1v) is 6.74. The lowest BCUT2D eigenvalue weighted by Crippen LogP contribution is -1.93. The van der Waals surface area contributed by atoms with Gasteiger partial charge in [0.2, 0.25) is 0 Å². The van der Waals surface area contributed by atoms with Crippen LogP contribution in [0.25, 0.3) is 0 Å². The van der Waals surface area contributed by atoms with E-state index >= 15 is 0 Å². The third-order valence-corrected chi connectivity index (χ3v) is 3.55. The molecule has 0 heteroatoms. The minimum Gasteiger partial charge on any atom is -0.0654 e. The van der Waals surface area contributed by atoms with E-state index in [-0.39, 0.29) is 0 Å². The molecule has 0 aliphatic heterocycles. The first-order valence-electron chi connectivity index (χ1n) is 6.74. The molecule has 0 aromatic heterocycles. The molecule has 14 heavy (non-hydrogen) atoms. The molecule has 0 unspecified atom stereocenters. The van der Waals surface area contributed by atoms with Gasteiger partial charge >= 0.3 is 0 Å². The zero-order valence-electron chi connectivity index (χ0n) is 10.4. The lowest BCUT2D eigenvalue weighted by molar-refractivity contribution is 0.480. The third-order valence-electron chi connectivity index (χ3n) is 3.55. The summed E-state index contributed by atoms with van der Waals surface area (Å²) in [4.78, 5) is 0. The maximum Gasteiger partial charge on any atom is -0.0386 e. The van der Waals surface area contributed by atoms with E-state index in [4.69, 9.17) is 0 Å². The second-order valence-electron chi connectivity index (χ2n) is 5.56. The van der Waals surface area contributed by atoms with E-state index in [0.717, 1.165) is 5.92 Å². The smallest absolute Gasteiger partial charge is 0.0386 e. The molecule has 0 N–H and O–H groups in total. The van der Waals surface area contributed by atoms with E-state index in [1.165, 1.54) is 37.5 Å². The summed E-state index contributed by atoms with van der Waals surface area (Å²) in [6, 6.07) is 0. The molecule has 2 saturated carbocycles. The van der Waals surface area contributed by atoms with Crippen LogP contribution >= 0.6 is 0 Å². The van der Waals surface area contributed by atoms with Crippen molar-refractivity contribution in [3.8, 4) is 0 Å². The molecule has 0 aromatic carbocycles. The van der Waals surface area contributed by atoms with E-state index in [2.05, 4.69) is 20.8 Å². The summed E-state index contributed by atoms with van der Waals surface area (Å²) in [7, 11) is 0. The van der Waals surface area contributed by atoms with Gasteiger partial charge in [-0.15, -0.1) is 0 Å². The molecule has 2 rings (SSSR count). The maximum absolute atomic E-state index is 2.25. The quantitative estimate of drug-likeness (QED) is 0.594. The Morgan fingerprint density at radius 2 is 1.43 bits per heavy atom. The van der Waals surface area contributed by atoms with Crippen LogP contribution < -0.4 is 0 Å². The van der Waals surface area contributed by atoms with Gasteiger partial charge in [0.05, 0.1) is 0 Å². The minimum absolute atomic E-state index is 0.898. The topological polar surface area (TPSA) is 0 Å². The van der Waals surface area contributed by atoms with E-state index in [1.54, 1.807) is 25.7 Å². The average Bonchev–Trinajstić information content (AvgIpc) is 2.83. The summed E-state index contributed by atoms with van der Waals surface area (Å²) >= 11 is 0. The Kier molecular flexibility index (Phi) is 5.59. The summed E-state index contributed by atoms with van der Waals surface area (Å²) in [6.45, 7) is 6.73. The molecule has 2 aliphatic carbocycles. The van der Waals surface area contributed by atoms with Crippen molar-refractivity contribution >= 4 is 0 Å². The van der Waals surface area contributed by atoms with Gasteiger partial charge in [0.1, 0.15) is 0 Å². The molecule has 0 saturated heterocycles. The molecule has 0 aromatic rings. The highest BCUT2D eigenvalue weighted by atomic mass is 14.4. The van der Waals surface area contributed by atoms with Crippen LogP contribution in [0.3, 0.4) is 0 Å². The fraction of sp³-hybridized carbons (Fsp3) is 1.00. The van der Waals surface area contributed by atoms with Crippen molar-refractivity contribution in [2.45, 2.75) is 72.1 Å². The van der Waals surface area contributed by atoms with Crippen molar-refractivity contribution in [1.29, 1.82) is 0 Å². The molecule has 0 radical (unpaired) electrons. The molecule has 0 atom stereocenters. The van der Waals surface area contributed by atoms with Gasteiger partial charge in [0.25, 0.3) is 0 Å². The molecular formula is C14H28. The highest BCUT2D eigenvalue weighted by Crippen LogP contribution is 2.44. The number of hydrogen-bond donors (Lipinski definition) is 0. The molecule has 0 bridgehead atoms. The van der Waals surface area contributed by atoms with Crippen molar-refractivity contribution in [3.05, 3.63) is 0 Å². The van der Waals surface area contributed by atoms with Crippen LogP contribution in [0.5, 0.6) is 0 Å². The Balaban J connectivity index is 0.000000149. The normalized spacial score (nSPS) is 22.3. The van der Waals surface area contributed by atoms with Crippen LogP contribution in [0.15, 0.2) is 0 Å². The van der Waals surface area contributed by atoms with Gasteiger partial charge in [-0.05, 0) is 30.6 Å². The molecule has 0 nitrogen and oxygen atoms in total. The standard InChI is InChI=1S/C8H14.C6H14/c1-2-4-7(3-1)8-5-6-8;1-4-5-6(2)3/h7-8H,1-6H2;6H,4-5H2,1-3H3. The Morgan fingerprint density at radius 3 is 1.71 bits per heavy atom. The molecule has 0 spiro atoms. The second kappa shape index (κ2) is 6.48. The van der Waals surface area contributed by atoms with Crippen LogP contribution in [0, 0.1) is 17.8 Å². The summed E-state index contributed by atoms with van der Waals surface area (Å²) in [5, 5.41) is 0. The van der Waals surface area contributed by atoms with E-state index in [1.807, 2.05) is 0 Å². The molecule has 84 valence electrons. The summed E-state index contributed by atoms with van der Waals surface area (Å²) in [5.74, 6) is 3.27. The minimum atomic E-state index is 0.898. The van der Waals surface area contributed by atoms with Crippen LogP contribution in [0.1, 0.15) is 72.1 Å². The zero-order chi connectivity index (χ0) is 10.4. The van der Waals surface area contributed by atoms with Gasteiger partial charge in [-0.3, -0.25) is 0 Å². The highest BCUT2D eigenvalue weighted by molar-refractivity contribution is 4.83. The van der Waals surface area contributed by atoms with Crippen molar-refractivity contribution in [2.24, 2.45) is 17.8 Å². The van der Waals surface area contributed by atoms with E-state index in [0.29, 0.717) is 0 Å². The predicted molar refractivity (Wildman–Crippen MR) is 64.4 cm³/mol. The van der Waals surface area contributed by atoms with Gasteiger partial charge in [-0.1, -0.05) is 59.3 Å². The van der Waals surface area contributed by atoms with Gasteiger partial charge in [0, 0.05) is 0 Å². The van der Waals surface area contributed by atoms with Gasteiger partial charge < -0.3 is 0 Å². The Labute approximate surface area is 90.5 Å². The second-order valence-corrected chi connectivity index (χ2v) is 5.56.